The van der Waals surface area contributed by atoms with E-state index in [1.807, 2.05) is 48.2 Å². The second-order valence-electron chi connectivity index (χ2n) is 7.20. The molecule has 0 bridgehead atoms. The van der Waals surface area contributed by atoms with Crippen LogP contribution in [0.4, 0.5) is 5.13 Å². The van der Waals surface area contributed by atoms with Crippen LogP contribution in [0.1, 0.15) is 15.2 Å². The molecule has 154 valence electrons. The van der Waals surface area contributed by atoms with Gasteiger partial charge >= 0.3 is 0 Å². The number of piperazine rings is 1. The minimum Gasteiger partial charge on any atom is -0.496 e. The standard InChI is InChI=1S/C20H23ClN4O2S2/c1-23(2)20-22-18-16(29-20)11-17(28-18)19(26)25-8-6-24(7-9-25)12-13-10-14(21)4-5-15(13)27-3/h4-5,10-11H,6-9,12H2,1-3H3. The van der Waals surface area contributed by atoms with Crippen molar-refractivity contribution >= 4 is 54.8 Å². The zero-order valence-corrected chi connectivity index (χ0v) is 19.0. The normalized spacial score (nSPS) is 15.1. The molecule has 2 aromatic heterocycles. The van der Waals surface area contributed by atoms with Gasteiger partial charge in [0.15, 0.2) is 5.13 Å². The van der Waals surface area contributed by atoms with Gasteiger partial charge in [-0.25, -0.2) is 4.98 Å². The molecular weight excluding hydrogens is 428 g/mol. The first-order chi connectivity index (χ1) is 13.9. The smallest absolute Gasteiger partial charge is 0.264 e. The number of amides is 1. The van der Waals surface area contributed by atoms with E-state index in [4.69, 9.17) is 16.3 Å². The van der Waals surface area contributed by atoms with Crippen molar-refractivity contribution in [3.8, 4) is 5.75 Å². The lowest BCUT2D eigenvalue weighted by Gasteiger charge is -2.34. The van der Waals surface area contributed by atoms with Gasteiger partial charge in [0.1, 0.15) is 10.6 Å². The van der Waals surface area contributed by atoms with Gasteiger partial charge in [0.05, 0.1) is 16.7 Å². The van der Waals surface area contributed by atoms with Gasteiger partial charge in [0.2, 0.25) is 0 Å². The molecule has 0 spiro atoms. The van der Waals surface area contributed by atoms with Crippen LogP contribution < -0.4 is 9.64 Å². The Balaban J connectivity index is 1.38. The molecule has 0 saturated carbocycles. The summed E-state index contributed by atoms with van der Waals surface area (Å²) in [5, 5.41) is 1.67. The molecule has 3 heterocycles. The highest BCUT2D eigenvalue weighted by molar-refractivity contribution is 7.29. The summed E-state index contributed by atoms with van der Waals surface area (Å²) in [6.45, 7) is 3.83. The monoisotopic (exact) mass is 450 g/mol. The summed E-state index contributed by atoms with van der Waals surface area (Å²) >= 11 is 9.25. The third-order valence-electron chi connectivity index (χ3n) is 4.97. The van der Waals surface area contributed by atoms with Crippen LogP contribution >= 0.6 is 34.3 Å². The van der Waals surface area contributed by atoms with Crippen molar-refractivity contribution in [3.05, 3.63) is 39.7 Å². The van der Waals surface area contributed by atoms with Gasteiger partial charge in [0, 0.05) is 57.4 Å². The molecule has 9 heteroatoms. The molecule has 3 aromatic rings. The SMILES string of the molecule is COc1ccc(Cl)cc1CN1CCN(C(=O)c2cc3sc(N(C)C)nc3s2)CC1. The van der Waals surface area contributed by atoms with Crippen LogP contribution in [0.2, 0.25) is 5.02 Å². The van der Waals surface area contributed by atoms with Crippen molar-refractivity contribution in [1.29, 1.82) is 0 Å². The molecule has 0 radical (unpaired) electrons. The Kier molecular flexibility index (Phi) is 5.96. The van der Waals surface area contributed by atoms with Crippen LogP contribution in [0.25, 0.3) is 9.53 Å². The third kappa shape index (κ3) is 4.35. The van der Waals surface area contributed by atoms with Gasteiger partial charge in [-0.05, 0) is 24.3 Å². The summed E-state index contributed by atoms with van der Waals surface area (Å²) in [6.07, 6.45) is 0. The third-order valence-corrected chi connectivity index (χ3v) is 7.52. The van der Waals surface area contributed by atoms with Gasteiger partial charge in [-0.15, -0.1) is 11.3 Å². The Morgan fingerprint density at radius 2 is 1.97 bits per heavy atom. The molecule has 0 unspecified atom stereocenters. The Bertz CT molecular complexity index is 993. The fourth-order valence-corrected chi connectivity index (χ4v) is 5.69. The molecule has 0 aliphatic carbocycles. The molecule has 6 nitrogen and oxygen atoms in total. The number of benzene rings is 1. The summed E-state index contributed by atoms with van der Waals surface area (Å²) in [7, 11) is 5.63. The van der Waals surface area contributed by atoms with Crippen molar-refractivity contribution in [3.63, 3.8) is 0 Å². The van der Waals surface area contributed by atoms with E-state index in [1.165, 1.54) is 11.3 Å². The van der Waals surface area contributed by atoms with Crippen molar-refractivity contribution in [2.75, 3.05) is 52.3 Å². The van der Waals surface area contributed by atoms with E-state index in [1.54, 1.807) is 18.4 Å². The predicted molar refractivity (Wildman–Crippen MR) is 121 cm³/mol. The van der Waals surface area contributed by atoms with E-state index < -0.39 is 0 Å². The molecular formula is C20H23ClN4O2S2. The Morgan fingerprint density at radius 1 is 1.21 bits per heavy atom. The first-order valence-corrected chi connectivity index (χ1v) is 11.4. The number of carbonyl (C=O) groups excluding carboxylic acids is 1. The van der Waals surface area contributed by atoms with Crippen LogP contribution in [-0.2, 0) is 6.54 Å². The summed E-state index contributed by atoms with van der Waals surface area (Å²) in [5.74, 6) is 0.947. The molecule has 4 rings (SSSR count). The van der Waals surface area contributed by atoms with E-state index in [0.29, 0.717) is 18.1 Å². The fraction of sp³-hybridized carbons (Fsp3) is 0.400. The fourth-order valence-electron chi connectivity index (χ4n) is 3.40. The van der Waals surface area contributed by atoms with Crippen LogP contribution in [0.5, 0.6) is 5.75 Å². The second kappa shape index (κ2) is 8.47. The van der Waals surface area contributed by atoms with Gasteiger partial charge in [-0.3, -0.25) is 9.69 Å². The molecule has 1 fully saturated rings. The molecule has 1 saturated heterocycles. The van der Waals surface area contributed by atoms with Gasteiger partial charge < -0.3 is 14.5 Å². The summed E-state index contributed by atoms with van der Waals surface area (Å²) in [6, 6.07) is 7.67. The zero-order valence-electron chi connectivity index (χ0n) is 16.6. The first-order valence-electron chi connectivity index (χ1n) is 9.36. The highest BCUT2D eigenvalue weighted by Gasteiger charge is 2.25. The van der Waals surface area contributed by atoms with Crippen LogP contribution in [0.3, 0.4) is 0 Å². The quantitative estimate of drug-likeness (QED) is 0.587. The maximum Gasteiger partial charge on any atom is 0.264 e. The van der Waals surface area contributed by atoms with Gasteiger partial charge in [-0.1, -0.05) is 22.9 Å². The highest BCUT2D eigenvalue weighted by atomic mass is 35.5. The topological polar surface area (TPSA) is 48.9 Å². The Hall–Kier alpha value is -1.87. The van der Waals surface area contributed by atoms with Crippen LogP contribution in [0, 0.1) is 0 Å². The van der Waals surface area contributed by atoms with E-state index >= 15 is 0 Å². The lowest BCUT2D eigenvalue weighted by molar-refractivity contribution is 0.0632. The van der Waals surface area contributed by atoms with E-state index in [0.717, 1.165) is 50.5 Å². The Labute approximate surface area is 183 Å². The van der Waals surface area contributed by atoms with E-state index in [-0.39, 0.29) is 5.91 Å². The van der Waals surface area contributed by atoms with Crippen LogP contribution in [-0.4, -0.2) is 68.1 Å². The number of aromatic nitrogens is 1. The number of halogens is 1. The van der Waals surface area contributed by atoms with Crippen molar-refractivity contribution in [2.24, 2.45) is 0 Å². The average molecular weight is 451 g/mol. The molecule has 29 heavy (non-hydrogen) atoms. The lowest BCUT2D eigenvalue weighted by atomic mass is 10.1. The lowest BCUT2D eigenvalue weighted by Crippen LogP contribution is -2.48. The molecule has 0 atom stereocenters. The average Bonchev–Trinajstić information content (AvgIpc) is 3.28. The summed E-state index contributed by atoms with van der Waals surface area (Å²) in [5.41, 5.74) is 1.07. The number of anilines is 1. The summed E-state index contributed by atoms with van der Waals surface area (Å²) < 4.78 is 6.52. The Morgan fingerprint density at radius 3 is 2.62 bits per heavy atom. The van der Waals surface area contributed by atoms with E-state index in [9.17, 15) is 4.79 Å². The van der Waals surface area contributed by atoms with Crippen LogP contribution in [0.15, 0.2) is 24.3 Å². The number of hydrogen-bond acceptors (Lipinski definition) is 7. The summed E-state index contributed by atoms with van der Waals surface area (Å²) in [4.78, 5) is 25.5. The van der Waals surface area contributed by atoms with Crippen molar-refractivity contribution in [2.45, 2.75) is 6.54 Å². The molecule has 1 aromatic carbocycles. The van der Waals surface area contributed by atoms with E-state index in [2.05, 4.69) is 9.88 Å². The van der Waals surface area contributed by atoms with Gasteiger partial charge in [-0.2, -0.15) is 0 Å². The number of ether oxygens (including phenoxy) is 1. The number of thiophene rings is 1. The first kappa shape index (κ1) is 20.4. The number of rotatable bonds is 5. The number of thiazole rings is 1. The maximum absolute atomic E-state index is 12.9. The predicted octanol–water partition coefficient (Wildman–Crippen LogP) is 4.04. The van der Waals surface area contributed by atoms with Gasteiger partial charge in [0.25, 0.3) is 5.91 Å². The van der Waals surface area contributed by atoms with Crippen molar-refractivity contribution in [1.82, 2.24) is 14.8 Å². The second-order valence-corrected chi connectivity index (χ2v) is 9.67. The molecule has 1 aliphatic rings. The minimum absolute atomic E-state index is 0.103. The molecule has 1 aliphatic heterocycles. The number of fused-ring (bicyclic) bond motifs is 1. The molecule has 1 amide bonds. The zero-order chi connectivity index (χ0) is 20.5. The maximum atomic E-state index is 12.9. The highest BCUT2D eigenvalue weighted by Crippen LogP contribution is 2.34. The number of hydrogen-bond donors (Lipinski definition) is 0. The number of carbonyl (C=O) groups is 1. The molecule has 0 N–H and O–H groups in total. The van der Waals surface area contributed by atoms with Crippen molar-refractivity contribution < 1.29 is 9.53 Å². The number of nitrogens with zero attached hydrogens (tertiary/aromatic N) is 4. The minimum atomic E-state index is 0.103. The number of methoxy groups -OCH3 is 1. The largest absolute Gasteiger partial charge is 0.496 e.